The molecule has 1 N–H and O–H groups in total. The Morgan fingerprint density at radius 3 is 1.40 bits per heavy atom. The van der Waals surface area contributed by atoms with Crippen molar-refractivity contribution >= 4 is 116 Å². The van der Waals surface area contributed by atoms with Gasteiger partial charge in [-0.05, 0) is 34.2 Å². The fourth-order valence-corrected chi connectivity index (χ4v) is 7.07. The van der Waals surface area contributed by atoms with E-state index in [9.17, 15) is 35.9 Å². The maximum absolute atomic E-state index is 10.9. The van der Waals surface area contributed by atoms with E-state index in [1.54, 1.807) is 0 Å². The Hall–Kier alpha value is -3.32. The second kappa shape index (κ2) is 22.4. The molecule has 4 aromatic carbocycles. The van der Waals surface area contributed by atoms with E-state index in [4.69, 9.17) is 116 Å². The molecule has 0 unspecified atom stereocenters. The predicted molar refractivity (Wildman–Crippen MR) is 205 cm³/mol. The first kappa shape index (κ1) is 49.7. The van der Waals surface area contributed by atoms with Gasteiger partial charge < -0.3 is 14.9 Å². The summed E-state index contributed by atoms with van der Waals surface area (Å²) in [7, 11) is 2.04. The Kier molecular flexibility index (Phi) is 20.3. The Morgan fingerprint density at radius 2 is 1.07 bits per heavy atom. The molecule has 4 rings (SSSR count). The van der Waals surface area contributed by atoms with Gasteiger partial charge in [0, 0.05) is 30.7 Å². The number of hydrogen-bond donors (Lipinski definition) is 1. The van der Waals surface area contributed by atoms with E-state index in [0.717, 1.165) is 31.4 Å². The molecular formula is C33H17Cl8N6NaO7. The molecule has 278 valence electrons. The molecule has 0 aliphatic heterocycles. The third-order valence-electron chi connectivity index (χ3n) is 7.16. The summed E-state index contributed by atoms with van der Waals surface area (Å²) in [4.78, 5) is 27.1. The van der Waals surface area contributed by atoms with Crippen LogP contribution < -0.4 is 39.4 Å². The standard InChI is InChI=1S/C17H10Cl3N3O4.C15H4Cl5N3O2.CH3O.Na/c1-22-16-9(12(7-24)15(20)11(6-21)17(16)27-2)5-10-13(18)3-8(23(25)26)4-14(10)19;1-22-15-13(19)9(5-21)7(12(18)14(15)20)4-8-10(16)2-6(23(24)25)3-11(8)17;1-2;/h3-4,24H,5,7H2,2H3;2-3H,4H2;1H3;/q;;-1;+1. The number of nitrogens with zero attached hydrogens (tertiary/aromatic N) is 6. The van der Waals surface area contributed by atoms with Gasteiger partial charge in [0.25, 0.3) is 11.4 Å². The van der Waals surface area contributed by atoms with Crippen LogP contribution in [-0.2, 0) is 19.4 Å². The van der Waals surface area contributed by atoms with Crippen molar-refractivity contribution in [2.24, 2.45) is 0 Å². The second-order valence-electron chi connectivity index (χ2n) is 9.92. The SMILES string of the molecule is C[O-].[C-]#[N+]c1c(Cc2c(Cl)cc([N+](=O)[O-])cc2Cl)c(CO)c(Cl)c(C#N)c1OC.[C-]#[N+]c1c(Cl)c(Cl)c(Cc2c(Cl)cc([N+](=O)[O-])cc2Cl)c(C#N)c1Cl.[Na+]. The quantitative estimate of drug-likeness (QED) is 0.0601. The average molecular weight is 916 g/mol. The summed E-state index contributed by atoms with van der Waals surface area (Å²) in [6.07, 6.45) is -0.0971. The largest absolute Gasteiger partial charge is 1.00 e. The monoisotopic (exact) mass is 912 g/mol. The molecule has 0 saturated heterocycles. The van der Waals surface area contributed by atoms with Crippen molar-refractivity contribution in [1.82, 2.24) is 0 Å². The van der Waals surface area contributed by atoms with E-state index in [1.165, 1.54) is 7.11 Å². The number of nitro groups is 2. The molecular weight excluding hydrogens is 899 g/mol. The maximum Gasteiger partial charge on any atom is 1.00 e. The zero-order valence-electron chi connectivity index (χ0n) is 28.0. The second-order valence-corrected chi connectivity index (χ2v) is 13.1. The van der Waals surface area contributed by atoms with Gasteiger partial charge in [-0.1, -0.05) is 92.8 Å². The van der Waals surface area contributed by atoms with E-state index in [0.29, 0.717) is 11.1 Å². The van der Waals surface area contributed by atoms with Crippen molar-refractivity contribution in [3.05, 3.63) is 146 Å². The fourth-order valence-electron chi connectivity index (χ4n) is 4.71. The summed E-state index contributed by atoms with van der Waals surface area (Å²) >= 11 is 49.0. The van der Waals surface area contributed by atoms with Gasteiger partial charge in [-0.15, -0.1) is 0 Å². The summed E-state index contributed by atoms with van der Waals surface area (Å²) in [5.74, 6) is -0.0288. The zero-order chi connectivity index (χ0) is 41.2. The topological polar surface area (TPSA) is 195 Å². The van der Waals surface area contributed by atoms with Gasteiger partial charge in [-0.3, -0.25) is 20.2 Å². The van der Waals surface area contributed by atoms with Crippen molar-refractivity contribution in [3.63, 3.8) is 0 Å². The summed E-state index contributed by atoms with van der Waals surface area (Å²) in [6, 6.07) is 8.30. The molecule has 22 heteroatoms. The van der Waals surface area contributed by atoms with Crippen LogP contribution in [0.25, 0.3) is 9.69 Å². The first-order chi connectivity index (χ1) is 25.5. The molecule has 0 aliphatic carbocycles. The van der Waals surface area contributed by atoms with Gasteiger partial charge in [0.05, 0.1) is 88.5 Å². The summed E-state index contributed by atoms with van der Waals surface area (Å²) < 4.78 is 5.17. The zero-order valence-corrected chi connectivity index (χ0v) is 36.1. The molecule has 0 bridgehead atoms. The van der Waals surface area contributed by atoms with Crippen molar-refractivity contribution in [1.29, 1.82) is 10.5 Å². The van der Waals surface area contributed by atoms with Crippen LogP contribution in [0.1, 0.15) is 38.9 Å². The molecule has 0 heterocycles. The number of rotatable bonds is 8. The summed E-state index contributed by atoms with van der Waals surface area (Å²) in [5.41, 5.74) is 0.470. The smallest absolute Gasteiger partial charge is 0.857 e. The number of non-ortho nitro benzene ring substituents is 2. The Morgan fingerprint density at radius 1 is 0.673 bits per heavy atom. The van der Waals surface area contributed by atoms with Crippen LogP contribution >= 0.6 is 92.8 Å². The number of benzene rings is 4. The third-order valence-corrected chi connectivity index (χ3v) is 10.2. The molecule has 4 aromatic rings. The van der Waals surface area contributed by atoms with E-state index >= 15 is 0 Å². The molecule has 0 spiro atoms. The summed E-state index contributed by atoms with van der Waals surface area (Å²) in [6.45, 7) is 14.0. The molecule has 0 atom stereocenters. The van der Waals surface area contributed by atoms with E-state index in [-0.39, 0.29) is 139 Å². The molecule has 0 fully saturated rings. The predicted octanol–water partition coefficient (Wildman–Crippen LogP) is 7.92. The van der Waals surface area contributed by atoms with Crippen LogP contribution in [0.15, 0.2) is 24.3 Å². The number of aliphatic hydroxyl groups excluding tert-OH is 1. The van der Waals surface area contributed by atoms with E-state index < -0.39 is 16.5 Å². The van der Waals surface area contributed by atoms with Crippen LogP contribution in [0, 0.1) is 56.0 Å². The third kappa shape index (κ3) is 11.0. The minimum absolute atomic E-state index is 0. The molecule has 55 heavy (non-hydrogen) atoms. The Bertz CT molecular complexity index is 2310. The number of methoxy groups -OCH3 is 1. The van der Waals surface area contributed by atoms with E-state index in [1.807, 2.05) is 12.1 Å². The van der Waals surface area contributed by atoms with Gasteiger partial charge in [-0.2, -0.15) is 17.6 Å². The van der Waals surface area contributed by atoms with Gasteiger partial charge in [0.15, 0.2) is 0 Å². The first-order valence-electron chi connectivity index (χ1n) is 13.9. The number of nitriles is 2. The van der Waals surface area contributed by atoms with E-state index in [2.05, 4.69) is 9.69 Å². The number of nitro benzene ring substituents is 2. The Balaban J connectivity index is 0.000000519. The maximum atomic E-state index is 10.9. The van der Waals surface area contributed by atoms with Crippen molar-refractivity contribution in [3.8, 4) is 17.9 Å². The number of aliphatic hydroxyl groups is 1. The van der Waals surface area contributed by atoms with Crippen molar-refractivity contribution in [2.45, 2.75) is 19.4 Å². The number of ether oxygens (including phenoxy) is 1. The van der Waals surface area contributed by atoms with Gasteiger partial charge >= 0.3 is 29.6 Å². The van der Waals surface area contributed by atoms with Crippen LogP contribution in [0.3, 0.4) is 0 Å². The Labute approximate surface area is 375 Å². The molecule has 13 nitrogen and oxygen atoms in total. The number of halogens is 8. The molecule has 0 aromatic heterocycles. The van der Waals surface area contributed by atoms with Crippen LogP contribution in [0.2, 0.25) is 40.2 Å². The molecule has 0 amide bonds. The minimum atomic E-state index is -0.632. The first-order valence-corrected chi connectivity index (χ1v) is 17.0. The number of hydrogen-bond acceptors (Lipinski definition) is 9. The molecule has 0 radical (unpaired) electrons. The summed E-state index contributed by atoms with van der Waals surface area (Å²) in [5, 5.41) is 58.3. The average Bonchev–Trinajstić information content (AvgIpc) is 3.14. The minimum Gasteiger partial charge on any atom is -0.857 e. The van der Waals surface area contributed by atoms with Crippen LogP contribution in [0.4, 0.5) is 22.7 Å². The van der Waals surface area contributed by atoms with Crippen molar-refractivity contribution < 1.29 is 54.4 Å². The van der Waals surface area contributed by atoms with Gasteiger partial charge in [0.1, 0.15) is 17.4 Å². The fraction of sp³-hybridized carbons (Fsp3) is 0.152. The van der Waals surface area contributed by atoms with Gasteiger partial charge in [0.2, 0.25) is 11.4 Å². The van der Waals surface area contributed by atoms with Gasteiger partial charge in [-0.25, -0.2) is 9.69 Å². The molecule has 0 saturated carbocycles. The van der Waals surface area contributed by atoms with Crippen LogP contribution in [0.5, 0.6) is 5.75 Å². The van der Waals surface area contributed by atoms with Crippen LogP contribution in [-0.4, -0.2) is 29.2 Å². The normalized spacial score (nSPS) is 9.75. The molecule has 0 aliphatic rings. The van der Waals surface area contributed by atoms with Crippen molar-refractivity contribution in [2.75, 3.05) is 14.2 Å².